The van der Waals surface area contributed by atoms with E-state index < -0.39 is 0 Å². The molecule has 0 atom stereocenters. The molecule has 0 radical (unpaired) electrons. The van der Waals surface area contributed by atoms with Crippen molar-refractivity contribution >= 4 is 26.8 Å². The Morgan fingerprint density at radius 1 is 1.26 bits per heavy atom. The van der Waals surface area contributed by atoms with Crippen molar-refractivity contribution in [3.05, 3.63) is 34.7 Å². The molecule has 100 valence electrons. The van der Waals surface area contributed by atoms with Crippen LogP contribution in [0.5, 0.6) is 5.75 Å². The molecule has 1 saturated heterocycles. The number of fused-ring (bicyclic) bond motifs is 1. The molecule has 0 bridgehead atoms. The topological polar surface area (TPSA) is 31.4 Å². The molecule has 0 aliphatic carbocycles. The van der Waals surface area contributed by atoms with Crippen LogP contribution in [0, 0.1) is 5.82 Å². The van der Waals surface area contributed by atoms with Crippen molar-refractivity contribution in [1.29, 1.82) is 0 Å². The molecule has 2 aromatic rings. The van der Waals surface area contributed by atoms with E-state index in [1.165, 1.54) is 6.07 Å². The first-order valence-electron chi connectivity index (χ1n) is 6.21. The summed E-state index contributed by atoms with van der Waals surface area (Å²) in [4.78, 5) is 4.17. The maximum absolute atomic E-state index is 14.0. The summed E-state index contributed by atoms with van der Waals surface area (Å²) in [6.45, 7) is 1.35. The molecule has 1 fully saturated rings. The van der Waals surface area contributed by atoms with Gasteiger partial charge in [-0.25, -0.2) is 4.39 Å². The highest BCUT2D eigenvalue weighted by molar-refractivity contribution is 9.10. The van der Waals surface area contributed by atoms with Crippen LogP contribution in [0.4, 0.5) is 4.39 Å². The number of hydrogen-bond donors (Lipinski definition) is 0. The van der Waals surface area contributed by atoms with Gasteiger partial charge in [0.25, 0.3) is 0 Å². The van der Waals surface area contributed by atoms with Crippen LogP contribution in [0.3, 0.4) is 0 Å². The molecule has 0 unspecified atom stereocenters. The van der Waals surface area contributed by atoms with Gasteiger partial charge in [-0.2, -0.15) is 0 Å². The molecule has 3 nitrogen and oxygen atoms in total. The average molecular weight is 326 g/mol. The quantitative estimate of drug-likeness (QED) is 0.843. The van der Waals surface area contributed by atoms with Crippen molar-refractivity contribution in [3.8, 4) is 5.75 Å². The van der Waals surface area contributed by atoms with E-state index in [2.05, 4.69) is 20.9 Å². The lowest BCUT2D eigenvalue weighted by Crippen LogP contribution is -2.26. The molecule has 1 aliphatic heterocycles. The molecule has 19 heavy (non-hydrogen) atoms. The van der Waals surface area contributed by atoms with E-state index in [4.69, 9.17) is 9.47 Å². The first-order chi connectivity index (χ1) is 9.22. The van der Waals surface area contributed by atoms with Crippen molar-refractivity contribution in [1.82, 2.24) is 4.98 Å². The Bertz CT molecular complexity index is 599. The zero-order chi connectivity index (χ0) is 13.2. The molecule has 3 rings (SSSR count). The van der Waals surface area contributed by atoms with Crippen LogP contribution in [-0.4, -0.2) is 24.3 Å². The average Bonchev–Trinajstić information content (AvgIpc) is 2.41. The lowest BCUT2D eigenvalue weighted by molar-refractivity contribution is 0.0241. The van der Waals surface area contributed by atoms with Crippen LogP contribution in [0.2, 0.25) is 0 Å². The van der Waals surface area contributed by atoms with Crippen molar-refractivity contribution in [2.45, 2.75) is 18.9 Å². The molecule has 0 spiro atoms. The van der Waals surface area contributed by atoms with Crippen LogP contribution in [-0.2, 0) is 4.74 Å². The minimum atomic E-state index is -0.367. The molecule has 0 saturated carbocycles. The smallest absolute Gasteiger partial charge is 0.167 e. The SMILES string of the molecule is Fc1cc2ncc(Br)cc2cc1OC1CCOCC1. The van der Waals surface area contributed by atoms with Gasteiger partial charge >= 0.3 is 0 Å². The van der Waals surface area contributed by atoms with Crippen LogP contribution < -0.4 is 4.74 Å². The summed E-state index contributed by atoms with van der Waals surface area (Å²) in [7, 11) is 0. The van der Waals surface area contributed by atoms with E-state index in [0.717, 1.165) is 22.7 Å². The molecule has 5 heteroatoms. The molecule has 1 aliphatic rings. The second kappa shape index (κ2) is 5.43. The fourth-order valence-corrected chi connectivity index (χ4v) is 2.52. The number of rotatable bonds is 2. The number of ether oxygens (including phenoxy) is 2. The van der Waals surface area contributed by atoms with Gasteiger partial charge in [-0.1, -0.05) is 0 Å². The predicted octanol–water partition coefficient (Wildman–Crippen LogP) is 3.69. The largest absolute Gasteiger partial charge is 0.487 e. The highest BCUT2D eigenvalue weighted by Crippen LogP contribution is 2.27. The third-order valence-electron chi connectivity index (χ3n) is 3.16. The van der Waals surface area contributed by atoms with E-state index in [1.54, 1.807) is 12.3 Å². The van der Waals surface area contributed by atoms with Gasteiger partial charge in [-0.05, 0) is 28.1 Å². The maximum atomic E-state index is 14.0. The molecular weight excluding hydrogens is 313 g/mol. The van der Waals surface area contributed by atoms with Gasteiger partial charge in [-0.15, -0.1) is 0 Å². The number of pyridine rings is 1. The standard InChI is InChI=1S/C14H13BrFNO2/c15-10-5-9-6-14(12(16)7-13(9)17-8-10)19-11-1-3-18-4-2-11/h5-8,11H,1-4H2. The molecule has 0 N–H and O–H groups in total. The monoisotopic (exact) mass is 325 g/mol. The summed E-state index contributed by atoms with van der Waals surface area (Å²) in [6, 6.07) is 5.02. The lowest BCUT2D eigenvalue weighted by Gasteiger charge is -2.23. The van der Waals surface area contributed by atoms with Crippen molar-refractivity contribution in [2.24, 2.45) is 0 Å². The number of nitrogens with zero attached hydrogens (tertiary/aromatic N) is 1. The summed E-state index contributed by atoms with van der Waals surface area (Å²) >= 11 is 3.36. The Balaban J connectivity index is 1.91. The van der Waals surface area contributed by atoms with E-state index in [1.807, 2.05) is 6.07 Å². The van der Waals surface area contributed by atoms with Gasteiger partial charge < -0.3 is 9.47 Å². The van der Waals surface area contributed by atoms with E-state index in [-0.39, 0.29) is 11.9 Å². The minimum Gasteiger partial charge on any atom is -0.487 e. The molecule has 1 aromatic heterocycles. The Morgan fingerprint density at radius 3 is 2.84 bits per heavy atom. The van der Waals surface area contributed by atoms with Crippen LogP contribution in [0.1, 0.15) is 12.8 Å². The Morgan fingerprint density at radius 2 is 2.05 bits per heavy atom. The zero-order valence-corrected chi connectivity index (χ0v) is 11.8. The number of benzene rings is 1. The Labute approximate surface area is 118 Å². The van der Waals surface area contributed by atoms with Gasteiger partial charge in [0.1, 0.15) is 6.10 Å². The number of hydrogen-bond acceptors (Lipinski definition) is 3. The fourth-order valence-electron chi connectivity index (χ4n) is 2.17. The molecular formula is C14H13BrFNO2. The van der Waals surface area contributed by atoms with Gasteiger partial charge in [0.15, 0.2) is 11.6 Å². The first kappa shape index (κ1) is 12.8. The summed E-state index contributed by atoms with van der Waals surface area (Å²) in [5, 5.41) is 0.859. The van der Waals surface area contributed by atoms with E-state index in [9.17, 15) is 4.39 Å². The van der Waals surface area contributed by atoms with E-state index >= 15 is 0 Å². The van der Waals surface area contributed by atoms with Crippen LogP contribution >= 0.6 is 15.9 Å². The third-order valence-corrected chi connectivity index (χ3v) is 3.60. The molecule has 2 heterocycles. The highest BCUT2D eigenvalue weighted by atomic mass is 79.9. The summed E-state index contributed by atoms with van der Waals surface area (Å²) in [5.41, 5.74) is 0.625. The lowest BCUT2D eigenvalue weighted by atomic mass is 10.1. The normalized spacial score (nSPS) is 16.7. The van der Waals surface area contributed by atoms with Gasteiger partial charge in [0, 0.05) is 35.0 Å². The van der Waals surface area contributed by atoms with Crippen LogP contribution in [0.15, 0.2) is 28.9 Å². The molecule has 0 amide bonds. The first-order valence-corrected chi connectivity index (χ1v) is 7.01. The summed E-state index contributed by atoms with van der Waals surface area (Å²) in [6.07, 6.45) is 3.28. The van der Waals surface area contributed by atoms with Crippen LogP contribution in [0.25, 0.3) is 10.9 Å². The molecule has 1 aromatic carbocycles. The number of halogens is 2. The number of aromatic nitrogens is 1. The van der Waals surface area contributed by atoms with Gasteiger partial charge in [0.05, 0.1) is 18.7 Å². The van der Waals surface area contributed by atoms with Crippen molar-refractivity contribution in [2.75, 3.05) is 13.2 Å². The second-order valence-corrected chi connectivity index (χ2v) is 5.47. The Hall–Kier alpha value is -1.20. The minimum absolute atomic E-state index is 0.0285. The van der Waals surface area contributed by atoms with Gasteiger partial charge in [-0.3, -0.25) is 4.98 Å². The third kappa shape index (κ3) is 2.87. The van der Waals surface area contributed by atoms with Crippen molar-refractivity contribution < 1.29 is 13.9 Å². The summed E-state index contributed by atoms with van der Waals surface area (Å²) in [5.74, 6) is -0.0758. The fraction of sp³-hybridized carbons (Fsp3) is 0.357. The van der Waals surface area contributed by atoms with Crippen molar-refractivity contribution in [3.63, 3.8) is 0 Å². The van der Waals surface area contributed by atoms with E-state index in [0.29, 0.717) is 24.5 Å². The summed E-state index contributed by atoms with van der Waals surface area (Å²) < 4.78 is 25.8. The predicted molar refractivity (Wildman–Crippen MR) is 73.9 cm³/mol. The highest BCUT2D eigenvalue weighted by Gasteiger charge is 2.17. The Kier molecular flexibility index (Phi) is 3.66. The maximum Gasteiger partial charge on any atom is 0.167 e. The second-order valence-electron chi connectivity index (χ2n) is 4.56. The zero-order valence-electron chi connectivity index (χ0n) is 10.2. The van der Waals surface area contributed by atoms with Gasteiger partial charge in [0.2, 0.25) is 0 Å².